The van der Waals surface area contributed by atoms with Crippen molar-refractivity contribution in [2.24, 2.45) is 0 Å². The molecular weight excluding hydrogens is 366 g/mol. The molecule has 0 unspecified atom stereocenters. The number of hydrogen-bond acceptors (Lipinski definition) is 7. The van der Waals surface area contributed by atoms with E-state index in [0.717, 1.165) is 0 Å². The van der Waals surface area contributed by atoms with Gasteiger partial charge in [-0.05, 0) is 19.1 Å². The molecule has 0 atom stereocenters. The number of benzene rings is 1. The van der Waals surface area contributed by atoms with Gasteiger partial charge in [0.1, 0.15) is 11.4 Å². The van der Waals surface area contributed by atoms with E-state index in [-0.39, 0.29) is 18.0 Å². The van der Waals surface area contributed by atoms with Gasteiger partial charge in [0.25, 0.3) is 5.91 Å². The molecule has 0 aliphatic carbocycles. The summed E-state index contributed by atoms with van der Waals surface area (Å²) in [7, 11) is 0. The van der Waals surface area contributed by atoms with Gasteiger partial charge in [0.05, 0.1) is 30.6 Å². The molecular formula is C18H17N5O3S. The van der Waals surface area contributed by atoms with Crippen LogP contribution in [0, 0.1) is 0 Å². The smallest absolute Gasteiger partial charge is 0.277 e. The van der Waals surface area contributed by atoms with Crippen molar-refractivity contribution in [3.8, 4) is 5.75 Å². The molecule has 0 radical (unpaired) electrons. The number of para-hydroxylation sites is 2. The Kier molecular flexibility index (Phi) is 6.06. The van der Waals surface area contributed by atoms with Crippen LogP contribution in [0.4, 0.5) is 10.8 Å². The number of rotatable bonds is 7. The molecule has 27 heavy (non-hydrogen) atoms. The van der Waals surface area contributed by atoms with Crippen LogP contribution in [0.3, 0.4) is 0 Å². The summed E-state index contributed by atoms with van der Waals surface area (Å²) in [5.74, 6) is -0.0121. The third-order valence-electron chi connectivity index (χ3n) is 3.37. The highest BCUT2D eigenvalue weighted by Gasteiger charge is 2.13. The van der Waals surface area contributed by atoms with Crippen LogP contribution in [0.2, 0.25) is 0 Å². The fourth-order valence-electron chi connectivity index (χ4n) is 2.23. The van der Waals surface area contributed by atoms with Crippen molar-refractivity contribution in [2.75, 3.05) is 17.2 Å². The van der Waals surface area contributed by atoms with E-state index >= 15 is 0 Å². The van der Waals surface area contributed by atoms with Gasteiger partial charge in [-0.3, -0.25) is 19.9 Å². The Morgan fingerprint density at radius 1 is 1.19 bits per heavy atom. The number of aromatic nitrogens is 3. The van der Waals surface area contributed by atoms with E-state index in [1.165, 1.54) is 29.9 Å². The largest absolute Gasteiger partial charge is 0.492 e. The first-order valence-corrected chi connectivity index (χ1v) is 9.07. The number of nitrogens with one attached hydrogen (secondary N) is 2. The average molecular weight is 383 g/mol. The van der Waals surface area contributed by atoms with E-state index in [1.54, 1.807) is 17.5 Å². The summed E-state index contributed by atoms with van der Waals surface area (Å²) in [6.07, 6.45) is 4.37. The van der Waals surface area contributed by atoms with Crippen LogP contribution in [-0.2, 0) is 11.2 Å². The molecule has 0 saturated heterocycles. The lowest BCUT2D eigenvalue weighted by Gasteiger charge is -2.10. The summed E-state index contributed by atoms with van der Waals surface area (Å²) >= 11 is 1.24. The van der Waals surface area contributed by atoms with Crippen molar-refractivity contribution in [2.45, 2.75) is 13.3 Å². The van der Waals surface area contributed by atoms with Crippen molar-refractivity contribution in [3.63, 3.8) is 0 Å². The van der Waals surface area contributed by atoms with Crippen LogP contribution >= 0.6 is 11.3 Å². The molecule has 0 aliphatic heterocycles. The van der Waals surface area contributed by atoms with Gasteiger partial charge in [0, 0.05) is 17.8 Å². The fourth-order valence-corrected chi connectivity index (χ4v) is 2.94. The Balaban J connectivity index is 1.59. The van der Waals surface area contributed by atoms with Crippen molar-refractivity contribution in [1.29, 1.82) is 0 Å². The maximum Gasteiger partial charge on any atom is 0.277 e. The predicted octanol–water partition coefficient (Wildman–Crippen LogP) is 2.77. The number of amides is 2. The van der Waals surface area contributed by atoms with Gasteiger partial charge in [-0.25, -0.2) is 9.97 Å². The average Bonchev–Trinajstić information content (AvgIpc) is 3.11. The van der Waals surface area contributed by atoms with Crippen molar-refractivity contribution >= 4 is 34.0 Å². The quantitative estimate of drug-likeness (QED) is 0.650. The highest BCUT2D eigenvalue weighted by Crippen LogP contribution is 2.24. The van der Waals surface area contributed by atoms with Crippen LogP contribution < -0.4 is 15.4 Å². The number of hydrogen-bond donors (Lipinski definition) is 2. The minimum absolute atomic E-state index is 0.0813. The Bertz CT molecular complexity index is 930. The van der Waals surface area contributed by atoms with Crippen molar-refractivity contribution in [1.82, 2.24) is 15.0 Å². The van der Waals surface area contributed by atoms with Crippen LogP contribution in [0.5, 0.6) is 5.75 Å². The lowest BCUT2D eigenvalue weighted by molar-refractivity contribution is -0.115. The highest BCUT2D eigenvalue weighted by molar-refractivity contribution is 7.14. The monoisotopic (exact) mass is 383 g/mol. The zero-order valence-electron chi connectivity index (χ0n) is 14.5. The van der Waals surface area contributed by atoms with Crippen molar-refractivity contribution in [3.05, 3.63) is 59.6 Å². The summed E-state index contributed by atoms with van der Waals surface area (Å²) in [4.78, 5) is 36.4. The molecule has 8 nitrogen and oxygen atoms in total. The molecule has 0 fully saturated rings. The van der Waals surface area contributed by atoms with Crippen LogP contribution in [0.15, 0.2) is 48.2 Å². The molecule has 3 rings (SSSR count). The number of carbonyl (C=O) groups is 2. The first-order valence-electron chi connectivity index (χ1n) is 8.19. The van der Waals surface area contributed by atoms with Gasteiger partial charge in [-0.1, -0.05) is 12.1 Å². The zero-order valence-corrected chi connectivity index (χ0v) is 15.3. The maximum absolute atomic E-state index is 12.3. The molecule has 0 spiro atoms. The summed E-state index contributed by atoms with van der Waals surface area (Å²) in [6.45, 7) is 2.39. The number of thiazole rings is 1. The summed E-state index contributed by atoms with van der Waals surface area (Å²) in [5.41, 5.74) is 1.36. The van der Waals surface area contributed by atoms with Gasteiger partial charge >= 0.3 is 0 Å². The van der Waals surface area contributed by atoms with E-state index in [1.807, 2.05) is 19.1 Å². The number of ether oxygens (including phenoxy) is 1. The van der Waals surface area contributed by atoms with E-state index in [2.05, 4.69) is 25.6 Å². The van der Waals surface area contributed by atoms with Crippen molar-refractivity contribution < 1.29 is 14.3 Å². The Morgan fingerprint density at radius 3 is 2.81 bits per heavy atom. The molecule has 2 amide bonds. The van der Waals surface area contributed by atoms with E-state index < -0.39 is 5.91 Å². The third kappa shape index (κ3) is 5.08. The molecule has 138 valence electrons. The number of anilines is 2. The van der Waals surface area contributed by atoms with Crippen LogP contribution in [-0.4, -0.2) is 33.4 Å². The lowest BCUT2D eigenvalue weighted by atomic mass is 10.2. The topological polar surface area (TPSA) is 106 Å². The zero-order chi connectivity index (χ0) is 19.1. The van der Waals surface area contributed by atoms with Gasteiger partial charge in [0.15, 0.2) is 5.13 Å². The highest BCUT2D eigenvalue weighted by atomic mass is 32.1. The summed E-state index contributed by atoms with van der Waals surface area (Å²) < 4.78 is 5.49. The third-order valence-corrected chi connectivity index (χ3v) is 4.18. The normalized spacial score (nSPS) is 10.3. The number of nitrogens with zero attached hydrogens (tertiary/aromatic N) is 3. The van der Waals surface area contributed by atoms with E-state index in [9.17, 15) is 9.59 Å². The molecule has 1 aromatic carbocycles. The Morgan fingerprint density at radius 2 is 2.04 bits per heavy atom. The molecule has 0 bridgehead atoms. The second-order valence-electron chi connectivity index (χ2n) is 5.34. The SMILES string of the molecule is CCOc1ccccc1NC(=O)Cc1csc(NC(=O)c2cnccn2)n1. The fraction of sp³-hybridized carbons (Fsp3) is 0.167. The second-order valence-corrected chi connectivity index (χ2v) is 6.20. The van der Waals surface area contributed by atoms with E-state index in [4.69, 9.17) is 4.74 Å². The molecule has 2 aromatic heterocycles. The Hall–Kier alpha value is -3.33. The lowest BCUT2D eigenvalue weighted by Crippen LogP contribution is -2.16. The second kappa shape index (κ2) is 8.86. The minimum atomic E-state index is -0.404. The predicted molar refractivity (Wildman–Crippen MR) is 102 cm³/mol. The first-order chi connectivity index (χ1) is 13.2. The standard InChI is InChI=1S/C18H17N5O3S/c1-2-26-15-6-4-3-5-13(15)22-16(24)9-12-11-27-18(21-12)23-17(25)14-10-19-7-8-20-14/h3-8,10-11H,2,9H2,1H3,(H,22,24)(H,21,23,25). The molecule has 0 aliphatic rings. The molecule has 2 N–H and O–H groups in total. The van der Waals surface area contributed by atoms with Crippen LogP contribution in [0.1, 0.15) is 23.1 Å². The van der Waals surface area contributed by atoms with Gasteiger partial charge in [-0.15, -0.1) is 11.3 Å². The number of carbonyl (C=O) groups excluding carboxylic acids is 2. The summed E-state index contributed by atoms with van der Waals surface area (Å²) in [6, 6.07) is 7.23. The van der Waals surface area contributed by atoms with Crippen LogP contribution in [0.25, 0.3) is 0 Å². The molecule has 9 heteroatoms. The van der Waals surface area contributed by atoms with Gasteiger partial charge < -0.3 is 10.1 Å². The van der Waals surface area contributed by atoms with Gasteiger partial charge in [0.2, 0.25) is 5.91 Å². The molecule has 2 heterocycles. The summed E-state index contributed by atoms with van der Waals surface area (Å²) in [5, 5.41) is 7.57. The van der Waals surface area contributed by atoms with Gasteiger partial charge in [-0.2, -0.15) is 0 Å². The minimum Gasteiger partial charge on any atom is -0.492 e. The first kappa shape index (κ1) is 18.5. The Labute approximate surface area is 159 Å². The maximum atomic E-state index is 12.3. The molecule has 3 aromatic rings. The molecule has 0 saturated carbocycles. The van der Waals surface area contributed by atoms with E-state index in [0.29, 0.717) is 28.9 Å².